The Morgan fingerprint density at radius 2 is 1.67 bits per heavy atom. The number of hydrogen-bond donors (Lipinski definition) is 0. The van der Waals surface area contributed by atoms with Gasteiger partial charge in [0.2, 0.25) is 5.91 Å². The second-order valence-electron chi connectivity index (χ2n) is 7.05. The molecule has 1 unspecified atom stereocenters. The highest BCUT2D eigenvalue weighted by molar-refractivity contribution is 5.78. The summed E-state index contributed by atoms with van der Waals surface area (Å²) in [6.45, 7) is 3.48. The molecule has 0 saturated carbocycles. The maximum atomic E-state index is 12.7. The van der Waals surface area contributed by atoms with Gasteiger partial charge in [0.1, 0.15) is 5.75 Å². The monoisotopic (exact) mass is 330 g/mol. The number of methoxy groups -OCH3 is 1. The zero-order chi connectivity index (χ0) is 16.8. The van der Waals surface area contributed by atoms with Crippen molar-refractivity contribution in [2.45, 2.75) is 51.0 Å². The molecule has 3 rings (SSSR count). The summed E-state index contributed by atoms with van der Waals surface area (Å²) in [7, 11) is 1.70. The molecule has 4 heteroatoms. The van der Waals surface area contributed by atoms with Crippen LogP contribution in [-0.4, -0.2) is 49.0 Å². The van der Waals surface area contributed by atoms with Gasteiger partial charge in [-0.05, 0) is 56.3 Å². The van der Waals surface area contributed by atoms with Crippen LogP contribution in [0.2, 0.25) is 0 Å². The summed E-state index contributed by atoms with van der Waals surface area (Å²) in [6.07, 6.45) is 8.43. The van der Waals surface area contributed by atoms with E-state index in [9.17, 15) is 4.79 Å². The highest BCUT2D eigenvalue weighted by Crippen LogP contribution is 2.31. The minimum absolute atomic E-state index is 0.315. The Labute approximate surface area is 145 Å². The maximum absolute atomic E-state index is 12.7. The number of benzene rings is 1. The van der Waals surface area contributed by atoms with Gasteiger partial charge in [-0.3, -0.25) is 9.69 Å². The van der Waals surface area contributed by atoms with Gasteiger partial charge in [-0.1, -0.05) is 25.0 Å². The lowest BCUT2D eigenvalue weighted by Crippen LogP contribution is -2.43. The van der Waals surface area contributed by atoms with E-state index in [1.807, 2.05) is 12.1 Å². The molecule has 1 atom stereocenters. The van der Waals surface area contributed by atoms with Crippen molar-refractivity contribution < 1.29 is 9.53 Å². The Bertz CT molecular complexity index is 523. The molecular formula is C20H30N2O2. The Balaban J connectivity index is 1.70. The predicted molar refractivity (Wildman–Crippen MR) is 96.2 cm³/mol. The van der Waals surface area contributed by atoms with E-state index in [-0.39, 0.29) is 0 Å². The van der Waals surface area contributed by atoms with Crippen molar-refractivity contribution in [1.29, 1.82) is 0 Å². The summed E-state index contributed by atoms with van der Waals surface area (Å²) < 4.78 is 5.28. The first kappa shape index (κ1) is 17.3. The number of hydrogen-bond acceptors (Lipinski definition) is 3. The van der Waals surface area contributed by atoms with Gasteiger partial charge in [-0.15, -0.1) is 0 Å². The summed E-state index contributed by atoms with van der Waals surface area (Å²) in [4.78, 5) is 17.2. The van der Waals surface area contributed by atoms with E-state index in [0.717, 1.165) is 44.6 Å². The van der Waals surface area contributed by atoms with Gasteiger partial charge in [0.25, 0.3) is 0 Å². The van der Waals surface area contributed by atoms with Crippen LogP contribution in [0.15, 0.2) is 24.3 Å². The number of carbonyl (C=O) groups excluding carboxylic acids is 1. The van der Waals surface area contributed by atoms with Crippen molar-refractivity contribution in [2.24, 2.45) is 0 Å². The normalized spacial score (nSPS) is 22.9. The van der Waals surface area contributed by atoms with E-state index in [4.69, 9.17) is 4.74 Å². The van der Waals surface area contributed by atoms with E-state index in [1.54, 1.807) is 7.11 Å². The van der Waals surface area contributed by atoms with Crippen LogP contribution in [0.25, 0.3) is 0 Å². The first-order valence-electron chi connectivity index (χ1n) is 9.44. The third kappa shape index (κ3) is 4.29. The van der Waals surface area contributed by atoms with Gasteiger partial charge in [0, 0.05) is 19.1 Å². The molecule has 2 aliphatic rings. The molecule has 0 bridgehead atoms. The van der Waals surface area contributed by atoms with E-state index in [1.165, 1.54) is 31.2 Å². The van der Waals surface area contributed by atoms with Crippen LogP contribution >= 0.6 is 0 Å². The predicted octanol–water partition coefficient (Wildman–Crippen LogP) is 3.62. The molecule has 0 radical (unpaired) electrons. The molecule has 2 aliphatic heterocycles. The molecule has 1 aromatic rings. The van der Waals surface area contributed by atoms with Crippen molar-refractivity contribution in [3.63, 3.8) is 0 Å². The topological polar surface area (TPSA) is 32.8 Å². The summed E-state index contributed by atoms with van der Waals surface area (Å²) in [5, 5.41) is 0. The molecule has 1 aromatic carbocycles. The number of amides is 1. The summed E-state index contributed by atoms with van der Waals surface area (Å²) in [6, 6.07) is 8.74. The SMILES string of the molecule is COc1ccc(C2CCCCCN2CC(=O)N2CCCCC2)cc1. The molecule has 2 fully saturated rings. The van der Waals surface area contributed by atoms with Crippen molar-refractivity contribution >= 4 is 5.91 Å². The van der Waals surface area contributed by atoms with Crippen molar-refractivity contribution in [1.82, 2.24) is 9.80 Å². The average molecular weight is 330 g/mol. The first-order valence-corrected chi connectivity index (χ1v) is 9.44. The summed E-state index contributed by atoms with van der Waals surface area (Å²) in [5.41, 5.74) is 1.31. The largest absolute Gasteiger partial charge is 0.497 e. The lowest BCUT2D eigenvalue weighted by Gasteiger charge is -2.33. The average Bonchev–Trinajstić information content (AvgIpc) is 2.88. The lowest BCUT2D eigenvalue weighted by molar-refractivity contribution is -0.133. The van der Waals surface area contributed by atoms with Crippen molar-refractivity contribution in [2.75, 3.05) is 33.3 Å². The van der Waals surface area contributed by atoms with Gasteiger partial charge >= 0.3 is 0 Å². The van der Waals surface area contributed by atoms with Crippen LogP contribution in [0.1, 0.15) is 56.6 Å². The Morgan fingerprint density at radius 1 is 1.00 bits per heavy atom. The Hall–Kier alpha value is -1.55. The minimum Gasteiger partial charge on any atom is -0.497 e. The smallest absolute Gasteiger partial charge is 0.236 e. The number of carbonyl (C=O) groups is 1. The van der Waals surface area contributed by atoms with Gasteiger partial charge in [-0.25, -0.2) is 0 Å². The second-order valence-corrected chi connectivity index (χ2v) is 7.05. The van der Waals surface area contributed by atoms with Crippen LogP contribution in [0.3, 0.4) is 0 Å². The molecule has 0 aliphatic carbocycles. The van der Waals surface area contributed by atoms with Crippen LogP contribution in [0, 0.1) is 0 Å². The van der Waals surface area contributed by atoms with Crippen molar-refractivity contribution in [3.05, 3.63) is 29.8 Å². The summed E-state index contributed by atoms with van der Waals surface area (Å²) in [5.74, 6) is 1.21. The van der Waals surface area contributed by atoms with Crippen LogP contribution in [0.5, 0.6) is 5.75 Å². The molecule has 1 amide bonds. The first-order chi connectivity index (χ1) is 11.8. The number of ether oxygens (including phenoxy) is 1. The molecule has 0 N–H and O–H groups in total. The van der Waals surface area contributed by atoms with Gasteiger partial charge in [0.15, 0.2) is 0 Å². The van der Waals surface area contributed by atoms with E-state index in [0.29, 0.717) is 18.5 Å². The highest BCUT2D eigenvalue weighted by atomic mass is 16.5. The highest BCUT2D eigenvalue weighted by Gasteiger charge is 2.26. The van der Waals surface area contributed by atoms with E-state index < -0.39 is 0 Å². The maximum Gasteiger partial charge on any atom is 0.236 e. The van der Waals surface area contributed by atoms with Crippen LogP contribution in [-0.2, 0) is 4.79 Å². The number of rotatable bonds is 4. The number of likely N-dealkylation sites (tertiary alicyclic amines) is 2. The molecule has 4 nitrogen and oxygen atoms in total. The third-order valence-electron chi connectivity index (χ3n) is 5.41. The number of nitrogens with zero attached hydrogens (tertiary/aromatic N) is 2. The fraction of sp³-hybridized carbons (Fsp3) is 0.650. The van der Waals surface area contributed by atoms with Gasteiger partial charge in [-0.2, -0.15) is 0 Å². The van der Waals surface area contributed by atoms with E-state index >= 15 is 0 Å². The second kappa shape index (κ2) is 8.52. The molecule has 0 spiro atoms. The molecule has 132 valence electrons. The standard InChI is InChI=1S/C20H30N2O2/c1-24-18-11-9-17(10-12-18)19-8-4-2-5-15-22(19)16-20(23)21-13-6-3-7-14-21/h9-12,19H,2-8,13-16H2,1H3. The number of piperidine rings is 1. The molecule has 24 heavy (non-hydrogen) atoms. The Morgan fingerprint density at radius 3 is 2.38 bits per heavy atom. The van der Waals surface area contributed by atoms with E-state index in [2.05, 4.69) is 21.9 Å². The zero-order valence-electron chi connectivity index (χ0n) is 14.9. The van der Waals surface area contributed by atoms with Gasteiger partial charge in [0.05, 0.1) is 13.7 Å². The van der Waals surface area contributed by atoms with Crippen LogP contribution < -0.4 is 4.74 Å². The molecule has 2 saturated heterocycles. The van der Waals surface area contributed by atoms with Gasteiger partial charge < -0.3 is 9.64 Å². The summed E-state index contributed by atoms with van der Waals surface area (Å²) >= 11 is 0. The van der Waals surface area contributed by atoms with Crippen molar-refractivity contribution in [3.8, 4) is 5.75 Å². The fourth-order valence-corrected chi connectivity index (χ4v) is 3.98. The fourth-order valence-electron chi connectivity index (χ4n) is 3.98. The molecule has 0 aromatic heterocycles. The molecule has 2 heterocycles. The minimum atomic E-state index is 0.315. The Kier molecular flexibility index (Phi) is 6.13. The van der Waals surface area contributed by atoms with Crippen LogP contribution in [0.4, 0.5) is 0 Å². The third-order valence-corrected chi connectivity index (χ3v) is 5.41. The lowest BCUT2D eigenvalue weighted by atomic mass is 10.0. The molecular weight excluding hydrogens is 300 g/mol. The quantitative estimate of drug-likeness (QED) is 0.845. The zero-order valence-corrected chi connectivity index (χ0v) is 14.9.